The second-order valence-corrected chi connectivity index (χ2v) is 7.57. The maximum absolute atomic E-state index is 12.4. The molecule has 31 heavy (non-hydrogen) atoms. The van der Waals surface area contributed by atoms with Gasteiger partial charge in [0, 0.05) is 34.6 Å². The molecule has 1 amide bonds. The minimum absolute atomic E-state index is 0.174. The summed E-state index contributed by atoms with van der Waals surface area (Å²) in [6, 6.07) is 21.5. The van der Waals surface area contributed by atoms with Crippen LogP contribution in [-0.2, 0) is 13.2 Å². The maximum atomic E-state index is 12.4. The lowest BCUT2D eigenvalue weighted by Crippen LogP contribution is -2.22. The summed E-state index contributed by atoms with van der Waals surface area (Å²) in [5, 5.41) is 4.37. The van der Waals surface area contributed by atoms with Crippen molar-refractivity contribution in [3.8, 4) is 5.75 Å². The molecule has 0 aliphatic rings. The van der Waals surface area contributed by atoms with Gasteiger partial charge in [-0.25, -0.2) is 4.79 Å². The standard InChI is InChI=1S/C25H20ClNO4/c1-16-12-24(28)31-23-13-20(10-11-21(16)23)30-15-17-6-8-18(9-7-17)25(29)27-14-19-4-2-3-5-22(19)26/h2-13H,14-15H2,1H3,(H,27,29). The number of ether oxygens (including phenoxy) is 1. The number of rotatable bonds is 6. The number of halogens is 1. The molecule has 0 atom stereocenters. The minimum Gasteiger partial charge on any atom is -0.489 e. The van der Waals surface area contributed by atoms with Crippen molar-refractivity contribution in [2.75, 3.05) is 0 Å². The molecular weight excluding hydrogens is 414 g/mol. The Labute approximate surface area is 184 Å². The van der Waals surface area contributed by atoms with Crippen molar-refractivity contribution in [3.63, 3.8) is 0 Å². The Balaban J connectivity index is 1.37. The molecule has 0 fully saturated rings. The molecule has 5 nitrogen and oxygen atoms in total. The summed E-state index contributed by atoms with van der Waals surface area (Å²) in [6.07, 6.45) is 0. The average molecular weight is 434 g/mol. The molecule has 0 saturated carbocycles. The highest BCUT2D eigenvalue weighted by atomic mass is 35.5. The zero-order chi connectivity index (χ0) is 21.8. The van der Waals surface area contributed by atoms with Crippen molar-refractivity contribution in [2.24, 2.45) is 0 Å². The van der Waals surface area contributed by atoms with E-state index in [4.69, 9.17) is 20.8 Å². The van der Waals surface area contributed by atoms with Crippen LogP contribution < -0.4 is 15.7 Å². The van der Waals surface area contributed by atoms with Gasteiger partial charge in [0.25, 0.3) is 5.91 Å². The molecule has 4 aromatic rings. The van der Waals surface area contributed by atoms with Crippen LogP contribution >= 0.6 is 11.6 Å². The van der Waals surface area contributed by atoms with Gasteiger partial charge < -0.3 is 14.5 Å². The van der Waals surface area contributed by atoms with Crippen molar-refractivity contribution in [3.05, 3.63) is 110 Å². The van der Waals surface area contributed by atoms with E-state index in [0.29, 0.717) is 35.1 Å². The summed E-state index contributed by atoms with van der Waals surface area (Å²) < 4.78 is 11.1. The molecule has 1 N–H and O–H groups in total. The molecule has 0 spiro atoms. The molecular formula is C25H20ClNO4. The van der Waals surface area contributed by atoms with Gasteiger partial charge in [0.05, 0.1) is 0 Å². The fourth-order valence-corrected chi connectivity index (χ4v) is 3.44. The number of aryl methyl sites for hydroxylation is 1. The number of nitrogens with one attached hydrogen (secondary N) is 1. The smallest absolute Gasteiger partial charge is 0.336 e. The van der Waals surface area contributed by atoms with Crippen molar-refractivity contribution in [2.45, 2.75) is 20.1 Å². The average Bonchev–Trinajstić information content (AvgIpc) is 2.77. The first-order valence-corrected chi connectivity index (χ1v) is 10.2. The summed E-state index contributed by atoms with van der Waals surface area (Å²) in [5.41, 5.74) is 3.30. The number of benzene rings is 3. The third-order valence-corrected chi connectivity index (χ3v) is 5.31. The predicted octanol–water partition coefficient (Wildman–Crippen LogP) is 5.26. The van der Waals surface area contributed by atoms with Gasteiger partial charge in [-0.2, -0.15) is 0 Å². The van der Waals surface area contributed by atoms with Crippen LogP contribution in [-0.4, -0.2) is 5.91 Å². The molecule has 1 aromatic heterocycles. The molecule has 0 aliphatic heterocycles. The Morgan fingerprint density at radius 3 is 2.58 bits per heavy atom. The van der Waals surface area contributed by atoms with Crippen LogP contribution in [0.4, 0.5) is 0 Å². The van der Waals surface area contributed by atoms with E-state index in [0.717, 1.165) is 22.1 Å². The molecule has 156 valence electrons. The molecule has 0 bridgehead atoms. The van der Waals surface area contributed by atoms with Gasteiger partial charge in [0.2, 0.25) is 0 Å². The number of hydrogen-bond donors (Lipinski definition) is 1. The number of carbonyl (C=O) groups is 1. The summed E-state index contributed by atoms with van der Waals surface area (Å²) in [4.78, 5) is 24.0. The molecule has 3 aromatic carbocycles. The van der Waals surface area contributed by atoms with Crippen LogP contribution in [0.1, 0.15) is 27.0 Å². The Kier molecular flexibility index (Phi) is 6.05. The highest BCUT2D eigenvalue weighted by Gasteiger charge is 2.08. The molecule has 0 radical (unpaired) electrons. The zero-order valence-electron chi connectivity index (χ0n) is 16.9. The Morgan fingerprint density at radius 1 is 1.03 bits per heavy atom. The minimum atomic E-state index is -0.384. The number of carbonyl (C=O) groups excluding carboxylic acids is 1. The van der Waals surface area contributed by atoms with Gasteiger partial charge in [0.15, 0.2) is 0 Å². The third kappa shape index (κ3) is 4.95. The predicted molar refractivity (Wildman–Crippen MR) is 121 cm³/mol. The van der Waals surface area contributed by atoms with Gasteiger partial charge in [-0.15, -0.1) is 0 Å². The zero-order valence-corrected chi connectivity index (χ0v) is 17.6. The Hall–Kier alpha value is -3.57. The first kappa shape index (κ1) is 20.7. The second kappa shape index (κ2) is 9.06. The molecule has 0 unspecified atom stereocenters. The van der Waals surface area contributed by atoms with Crippen molar-refractivity contribution in [1.82, 2.24) is 5.32 Å². The summed E-state index contributed by atoms with van der Waals surface area (Å²) in [7, 11) is 0. The highest BCUT2D eigenvalue weighted by molar-refractivity contribution is 6.31. The van der Waals surface area contributed by atoms with Crippen LogP contribution in [0.5, 0.6) is 5.75 Å². The normalized spacial score (nSPS) is 10.8. The van der Waals surface area contributed by atoms with Crippen molar-refractivity contribution in [1.29, 1.82) is 0 Å². The number of fused-ring (bicyclic) bond motifs is 1. The Morgan fingerprint density at radius 2 is 1.81 bits per heavy atom. The van der Waals surface area contributed by atoms with E-state index in [9.17, 15) is 9.59 Å². The van der Waals surface area contributed by atoms with E-state index in [-0.39, 0.29) is 11.5 Å². The first-order valence-electron chi connectivity index (χ1n) is 9.77. The van der Waals surface area contributed by atoms with Gasteiger partial charge in [-0.05, 0) is 53.9 Å². The Bertz CT molecular complexity index is 1300. The lowest BCUT2D eigenvalue weighted by molar-refractivity contribution is 0.0951. The van der Waals surface area contributed by atoms with Gasteiger partial charge in [-0.3, -0.25) is 4.79 Å². The number of hydrogen-bond acceptors (Lipinski definition) is 4. The van der Waals surface area contributed by atoms with E-state index >= 15 is 0 Å². The van der Waals surface area contributed by atoms with Gasteiger partial charge in [-0.1, -0.05) is 41.9 Å². The second-order valence-electron chi connectivity index (χ2n) is 7.17. The lowest BCUT2D eigenvalue weighted by Gasteiger charge is -2.09. The van der Waals surface area contributed by atoms with E-state index in [1.807, 2.05) is 49.4 Å². The van der Waals surface area contributed by atoms with Crippen LogP contribution in [0.15, 0.2) is 82.0 Å². The summed E-state index contributed by atoms with van der Waals surface area (Å²) in [6.45, 7) is 2.55. The summed E-state index contributed by atoms with van der Waals surface area (Å²) >= 11 is 6.12. The van der Waals surface area contributed by atoms with Crippen molar-refractivity contribution >= 4 is 28.5 Å². The van der Waals surface area contributed by atoms with Crippen LogP contribution in [0.2, 0.25) is 5.02 Å². The number of amides is 1. The van der Waals surface area contributed by atoms with Crippen LogP contribution in [0.25, 0.3) is 11.0 Å². The van der Waals surface area contributed by atoms with E-state index < -0.39 is 0 Å². The molecule has 0 saturated heterocycles. The quantitative estimate of drug-likeness (QED) is 0.421. The largest absolute Gasteiger partial charge is 0.489 e. The summed E-state index contributed by atoms with van der Waals surface area (Å²) in [5.74, 6) is 0.426. The maximum Gasteiger partial charge on any atom is 0.336 e. The third-order valence-electron chi connectivity index (χ3n) is 4.94. The highest BCUT2D eigenvalue weighted by Crippen LogP contribution is 2.23. The van der Waals surface area contributed by atoms with Crippen LogP contribution in [0, 0.1) is 6.92 Å². The molecule has 4 rings (SSSR count). The van der Waals surface area contributed by atoms with E-state index in [1.54, 1.807) is 24.3 Å². The first-order chi connectivity index (χ1) is 15.0. The fourth-order valence-electron chi connectivity index (χ4n) is 3.23. The van der Waals surface area contributed by atoms with Gasteiger partial charge >= 0.3 is 5.63 Å². The van der Waals surface area contributed by atoms with Crippen LogP contribution in [0.3, 0.4) is 0 Å². The fraction of sp³-hybridized carbons (Fsp3) is 0.120. The molecule has 0 aliphatic carbocycles. The van der Waals surface area contributed by atoms with Gasteiger partial charge in [0.1, 0.15) is 17.9 Å². The SMILES string of the molecule is Cc1cc(=O)oc2cc(OCc3ccc(C(=O)NCc4ccccc4Cl)cc3)ccc12. The lowest BCUT2D eigenvalue weighted by atomic mass is 10.1. The molecule has 1 heterocycles. The van der Waals surface area contributed by atoms with E-state index in [1.165, 1.54) is 6.07 Å². The molecule has 6 heteroatoms. The monoisotopic (exact) mass is 433 g/mol. The topological polar surface area (TPSA) is 68.5 Å². The van der Waals surface area contributed by atoms with Crippen molar-refractivity contribution < 1.29 is 13.9 Å². The van der Waals surface area contributed by atoms with E-state index in [2.05, 4.69) is 5.32 Å².